The monoisotopic (exact) mass is 300 g/mol. The Morgan fingerprint density at radius 2 is 2.00 bits per heavy atom. The van der Waals surface area contributed by atoms with Crippen molar-refractivity contribution in [2.45, 2.75) is 45.2 Å². The zero-order valence-corrected chi connectivity index (χ0v) is 14.6. The van der Waals surface area contributed by atoms with Gasteiger partial charge in [-0.05, 0) is 41.4 Å². The molecule has 2 atom stereocenters. The minimum absolute atomic E-state index is 0.435. The van der Waals surface area contributed by atoms with E-state index in [2.05, 4.69) is 34.0 Å². The van der Waals surface area contributed by atoms with E-state index in [1.165, 1.54) is 0 Å². The molecule has 0 aliphatic carbocycles. The van der Waals surface area contributed by atoms with Crippen molar-refractivity contribution in [1.82, 2.24) is 20.0 Å². The van der Waals surface area contributed by atoms with E-state index in [4.69, 9.17) is 10.5 Å². The predicted molar refractivity (Wildman–Crippen MR) is 86.5 cm³/mol. The van der Waals surface area contributed by atoms with Crippen LogP contribution in [-0.2, 0) is 4.74 Å². The van der Waals surface area contributed by atoms with Gasteiger partial charge >= 0.3 is 0 Å². The molecule has 21 heavy (non-hydrogen) atoms. The topological polar surface area (TPSA) is 69.4 Å². The van der Waals surface area contributed by atoms with Crippen LogP contribution in [0.3, 0.4) is 0 Å². The summed E-state index contributed by atoms with van der Waals surface area (Å²) in [5.41, 5.74) is 6.12. The zero-order chi connectivity index (χ0) is 16.3. The molecule has 2 unspecified atom stereocenters. The van der Waals surface area contributed by atoms with E-state index in [-0.39, 0.29) is 0 Å². The minimum Gasteiger partial charge on any atom is -0.370 e. The van der Waals surface area contributed by atoms with Crippen molar-refractivity contribution in [2.75, 3.05) is 41.5 Å². The van der Waals surface area contributed by atoms with E-state index in [0.29, 0.717) is 12.7 Å². The number of nitrogens with two attached hydrogens (primary N) is 1. The van der Waals surface area contributed by atoms with E-state index in [1.54, 1.807) is 0 Å². The number of guanidine groups is 1. The number of aliphatic imine (C=N–C) groups is 1. The van der Waals surface area contributed by atoms with Crippen LogP contribution < -0.4 is 11.1 Å². The van der Waals surface area contributed by atoms with Crippen molar-refractivity contribution in [2.24, 2.45) is 10.7 Å². The van der Waals surface area contributed by atoms with Gasteiger partial charge in [-0.25, -0.2) is 14.8 Å². The predicted octanol–water partition coefficient (Wildman–Crippen LogP) is 0.451. The number of rotatable bonds is 7. The van der Waals surface area contributed by atoms with Crippen LogP contribution in [0.4, 0.5) is 0 Å². The lowest BCUT2D eigenvalue weighted by Gasteiger charge is -2.58. The molecule has 0 fully saturated rings. The molecule has 7 heteroatoms. The number of hydrogen-bond donors (Lipinski definition) is 2. The van der Waals surface area contributed by atoms with Gasteiger partial charge in [-0.2, -0.15) is 0 Å². The van der Waals surface area contributed by atoms with Crippen LogP contribution in [0, 0.1) is 0 Å². The van der Waals surface area contributed by atoms with E-state index in [1.807, 2.05) is 40.0 Å². The molecule has 1 rings (SSSR count). The number of unbranched alkanes of at least 4 members (excludes halogenated alkanes) is 1. The molecule has 1 aliphatic rings. The molecule has 1 heterocycles. The van der Waals surface area contributed by atoms with Crippen molar-refractivity contribution in [3.8, 4) is 0 Å². The van der Waals surface area contributed by atoms with Gasteiger partial charge in [-0.1, -0.05) is 13.3 Å². The van der Waals surface area contributed by atoms with Crippen molar-refractivity contribution < 1.29 is 4.74 Å². The lowest BCUT2D eigenvalue weighted by atomic mass is 10.1. The highest BCUT2D eigenvalue weighted by Gasteiger charge is 2.50. The van der Waals surface area contributed by atoms with Crippen LogP contribution in [-0.4, -0.2) is 73.8 Å². The standard InChI is InChI=1S/C14H32N6O/c1-8-9-10-21-11-18(5)14(3)19(6)12(15)17-13(2,16-4)20(14)7/h16H,8-11H2,1-7H3,(H2,15,17). The number of nitrogens with zero attached hydrogens (tertiary/aromatic N) is 4. The van der Waals surface area contributed by atoms with Gasteiger partial charge < -0.3 is 15.4 Å². The molecule has 0 aromatic carbocycles. The summed E-state index contributed by atoms with van der Waals surface area (Å²) in [5, 5.41) is 3.23. The Morgan fingerprint density at radius 1 is 1.38 bits per heavy atom. The SMILES string of the molecule is CCCCOCN(C)C1(C)N(C)C(N)=NC(C)(NC)N1C. The van der Waals surface area contributed by atoms with Crippen LogP contribution >= 0.6 is 0 Å². The van der Waals surface area contributed by atoms with Gasteiger partial charge in [0.05, 0.1) is 0 Å². The maximum absolute atomic E-state index is 6.12. The highest BCUT2D eigenvalue weighted by atomic mass is 16.5. The molecule has 0 amide bonds. The summed E-state index contributed by atoms with van der Waals surface area (Å²) in [6.45, 7) is 7.60. The van der Waals surface area contributed by atoms with Gasteiger partial charge in [-0.3, -0.25) is 5.32 Å². The minimum atomic E-state index is -0.553. The number of hydrogen-bond acceptors (Lipinski definition) is 7. The summed E-state index contributed by atoms with van der Waals surface area (Å²) in [5.74, 6) is -0.480. The first-order chi connectivity index (χ1) is 9.74. The van der Waals surface area contributed by atoms with Crippen molar-refractivity contribution in [3.05, 3.63) is 0 Å². The average Bonchev–Trinajstić information content (AvgIpc) is 2.47. The molecule has 0 saturated carbocycles. The summed E-state index contributed by atoms with van der Waals surface area (Å²) in [6.07, 6.45) is 2.21. The van der Waals surface area contributed by atoms with Gasteiger partial charge in [0.15, 0.2) is 17.5 Å². The van der Waals surface area contributed by atoms with E-state index in [0.717, 1.165) is 19.4 Å². The Balaban J connectivity index is 2.93. The van der Waals surface area contributed by atoms with Crippen LogP contribution in [0.1, 0.15) is 33.6 Å². The van der Waals surface area contributed by atoms with Crippen molar-refractivity contribution in [1.29, 1.82) is 0 Å². The van der Waals surface area contributed by atoms with E-state index in [9.17, 15) is 0 Å². The second-order valence-corrected chi connectivity index (χ2v) is 5.92. The van der Waals surface area contributed by atoms with Gasteiger partial charge in [0.25, 0.3) is 0 Å². The zero-order valence-electron chi connectivity index (χ0n) is 14.6. The normalized spacial score (nSPS) is 30.9. The van der Waals surface area contributed by atoms with Gasteiger partial charge in [0.2, 0.25) is 0 Å². The Morgan fingerprint density at radius 3 is 2.52 bits per heavy atom. The van der Waals surface area contributed by atoms with E-state index < -0.39 is 11.6 Å². The molecule has 0 aromatic rings. The maximum Gasteiger partial charge on any atom is 0.196 e. The lowest BCUT2D eigenvalue weighted by molar-refractivity contribution is -0.184. The lowest BCUT2D eigenvalue weighted by Crippen LogP contribution is -2.77. The summed E-state index contributed by atoms with van der Waals surface area (Å²) >= 11 is 0. The average molecular weight is 300 g/mol. The fourth-order valence-corrected chi connectivity index (χ4v) is 2.53. The second-order valence-electron chi connectivity index (χ2n) is 5.92. The maximum atomic E-state index is 6.12. The Kier molecular flexibility index (Phi) is 5.98. The van der Waals surface area contributed by atoms with E-state index >= 15 is 0 Å². The summed E-state index contributed by atoms with van der Waals surface area (Å²) in [7, 11) is 7.91. The van der Waals surface area contributed by atoms with Crippen molar-refractivity contribution in [3.63, 3.8) is 0 Å². The molecular weight excluding hydrogens is 268 g/mol. The van der Waals surface area contributed by atoms with Crippen LogP contribution in [0.25, 0.3) is 0 Å². The highest BCUT2D eigenvalue weighted by molar-refractivity contribution is 5.79. The van der Waals surface area contributed by atoms with Crippen LogP contribution in [0.2, 0.25) is 0 Å². The van der Waals surface area contributed by atoms with Crippen molar-refractivity contribution >= 4 is 5.96 Å². The third kappa shape index (κ3) is 3.31. The smallest absolute Gasteiger partial charge is 0.196 e. The fourth-order valence-electron chi connectivity index (χ4n) is 2.53. The molecule has 0 bridgehead atoms. The second kappa shape index (κ2) is 6.91. The number of nitrogens with one attached hydrogen (secondary N) is 1. The molecule has 0 spiro atoms. The van der Waals surface area contributed by atoms with Gasteiger partial charge in [-0.15, -0.1) is 0 Å². The highest BCUT2D eigenvalue weighted by Crippen LogP contribution is 2.31. The molecule has 1 aliphatic heterocycles. The molecule has 7 nitrogen and oxygen atoms in total. The molecular formula is C14H32N6O. The van der Waals surface area contributed by atoms with Crippen LogP contribution in [0.5, 0.6) is 0 Å². The summed E-state index contributed by atoms with van der Waals surface area (Å²) in [4.78, 5) is 10.8. The summed E-state index contributed by atoms with van der Waals surface area (Å²) in [6, 6.07) is 0. The fraction of sp³-hybridized carbons (Fsp3) is 0.929. The molecule has 124 valence electrons. The Bertz CT molecular complexity index is 376. The first-order valence-corrected chi connectivity index (χ1v) is 7.55. The Hall–Kier alpha value is -0.890. The quantitative estimate of drug-likeness (QED) is 0.525. The summed E-state index contributed by atoms with van der Waals surface area (Å²) < 4.78 is 5.76. The Labute approximate surface area is 129 Å². The largest absolute Gasteiger partial charge is 0.370 e. The van der Waals surface area contributed by atoms with Gasteiger partial charge in [0.1, 0.15) is 6.73 Å². The third-order valence-electron chi connectivity index (χ3n) is 4.72. The first-order valence-electron chi connectivity index (χ1n) is 7.55. The van der Waals surface area contributed by atoms with Crippen LogP contribution in [0.15, 0.2) is 4.99 Å². The van der Waals surface area contributed by atoms with Gasteiger partial charge in [0, 0.05) is 13.7 Å². The molecule has 0 aromatic heterocycles. The number of ether oxygens (including phenoxy) is 1. The molecule has 0 radical (unpaired) electrons. The third-order valence-corrected chi connectivity index (χ3v) is 4.72. The first kappa shape index (κ1) is 18.2. The molecule has 3 N–H and O–H groups in total. The molecule has 0 saturated heterocycles.